The summed E-state index contributed by atoms with van der Waals surface area (Å²) in [5, 5.41) is 0.390. The van der Waals surface area contributed by atoms with Crippen molar-refractivity contribution in [2.45, 2.75) is 57.1 Å². The number of rotatable bonds is 6. The van der Waals surface area contributed by atoms with Crippen LogP contribution in [0.1, 0.15) is 39.2 Å². The van der Waals surface area contributed by atoms with Crippen molar-refractivity contribution >= 4 is 27.0 Å². The Bertz CT molecular complexity index is 2050. The van der Waals surface area contributed by atoms with Gasteiger partial charge in [-0.1, -0.05) is 29.8 Å². The predicted molar refractivity (Wildman–Crippen MR) is 174 cm³/mol. The zero-order valence-corrected chi connectivity index (χ0v) is 27.2. The summed E-state index contributed by atoms with van der Waals surface area (Å²) in [5.41, 5.74) is 1.21. The molecule has 12 heteroatoms. The summed E-state index contributed by atoms with van der Waals surface area (Å²) in [6.45, 7) is 8.13. The molecule has 2 aromatic heterocycles. The van der Waals surface area contributed by atoms with Crippen LogP contribution in [0.4, 0.5) is 13.6 Å². The Morgan fingerprint density at radius 2 is 1.72 bits per heavy atom. The van der Waals surface area contributed by atoms with Gasteiger partial charge >= 0.3 is 6.09 Å². The monoisotopic (exact) mass is 660 g/mol. The number of aryl methyl sites for hydroxylation is 1. The van der Waals surface area contributed by atoms with Gasteiger partial charge in [-0.15, -0.1) is 0 Å². The third-order valence-corrected chi connectivity index (χ3v) is 9.49. The lowest BCUT2D eigenvalue weighted by atomic mass is 10.0. The first-order chi connectivity index (χ1) is 22.3. The second-order valence-electron chi connectivity index (χ2n) is 12.5. The van der Waals surface area contributed by atoms with Crippen molar-refractivity contribution in [1.29, 1.82) is 0 Å². The molecule has 1 saturated heterocycles. The minimum Gasteiger partial charge on any atom is -0.471 e. The van der Waals surface area contributed by atoms with Gasteiger partial charge in [0.1, 0.15) is 23.3 Å². The molecular formula is C35H34F2N4O5S. The van der Waals surface area contributed by atoms with E-state index in [1.807, 2.05) is 27.7 Å². The second-order valence-corrected chi connectivity index (χ2v) is 14.4. The molecule has 1 atom stereocenters. The van der Waals surface area contributed by atoms with Gasteiger partial charge in [0.2, 0.25) is 5.88 Å². The number of ether oxygens (including phenoxy) is 2. The quantitative estimate of drug-likeness (QED) is 0.187. The van der Waals surface area contributed by atoms with Crippen LogP contribution in [0.15, 0.2) is 84.1 Å². The minimum atomic E-state index is -4.08. The first kappa shape index (κ1) is 32.1. The van der Waals surface area contributed by atoms with Gasteiger partial charge in [-0.2, -0.15) is 0 Å². The fraction of sp³-hybridized carbons (Fsp3) is 0.286. The molecular weight excluding hydrogens is 626 g/mol. The van der Waals surface area contributed by atoms with Gasteiger partial charge in [-0.05, 0) is 82.5 Å². The van der Waals surface area contributed by atoms with Crippen LogP contribution in [0.5, 0.6) is 5.88 Å². The second kappa shape index (κ2) is 12.4. The van der Waals surface area contributed by atoms with Crippen LogP contribution in [0, 0.1) is 18.6 Å². The Morgan fingerprint density at radius 3 is 2.43 bits per heavy atom. The average molecular weight is 661 g/mol. The maximum Gasteiger partial charge on any atom is 0.410 e. The molecule has 47 heavy (non-hydrogen) atoms. The number of carbonyl (C=O) groups is 1. The van der Waals surface area contributed by atoms with Gasteiger partial charge in [0.15, 0.2) is 0 Å². The number of hydrogen-bond donors (Lipinski definition) is 0. The van der Waals surface area contributed by atoms with E-state index in [9.17, 15) is 22.0 Å². The van der Waals surface area contributed by atoms with E-state index in [0.717, 1.165) is 21.7 Å². The molecule has 9 nitrogen and oxygen atoms in total. The van der Waals surface area contributed by atoms with Crippen LogP contribution in [0.2, 0.25) is 0 Å². The number of hydrogen-bond acceptors (Lipinski definition) is 7. The Kier molecular flexibility index (Phi) is 8.47. The molecule has 1 fully saturated rings. The number of amides is 1. The summed E-state index contributed by atoms with van der Waals surface area (Å²) in [6.07, 6.45) is 4.93. The molecule has 1 aliphatic heterocycles. The summed E-state index contributed by atoms with van der Waals surface area (Å²) in [5.74, 6) is -1.32. The van der Waals surface area contributed by atoms with Crippen molar-refractivity contribution in [2.24, 2.45) is 0 Å². The molecule has 5 aromatic rings. The van der Waals surface area contributed by atoms with E-state index < -0.39 is 33.4 Å². The first-order valence-corrected chi connectivity index (χ1v) is 16.6. The molecule has 0 bridgehead atoms. The molecule has 1 amide bonds. The van der Waals surface area contributed by atoms with Crippen molar-refractivity contribution in [3.05, 3.63) is 96.5 Å². The Morgan fingerprint density at radius 1 is 1.00 bits per heavy atom. The zero-order chi connectivity index (χ0) is 33.5. The van der Waals surface area contributed by atoms with Crippen LogP contribution in [-0.4, -0.2) is 58.1 Å². The van der Waals surface area contributed by atoms with E-state index in [-0.39, 0.29) is 39.2 Å². The number of nitrogens with zero attached hydrogens (tertiary/aromatic N) is 4. The molecule has 3 heterocycles. The third-order valence-electron chi connectivity index (χ3n) is 7.81. The molecule has 0 aliphatic carbocycles. The van der Waals surface area contributed by atoms with Gasteiger partial charge in [0.25, 0.3) is 10.0 Å². The third kappa shape index (κ3) is 6.69. The lowest BCUT2D eigenvalue weighted by molar-refractivity contribution is 0.00718. The van der Waals surface area contributed by atoms with E-state index in [1.54, 1.807) is 23.1 Å². The van der Waals surface area contributed by atoms with E-state index in [2.05, 4.69) is 9.97 Å². The van der Waals surface area contributed by atoms with Crippen molar-refractivity contribution in [2.75, 3.05) is 13.1 Å². The number of aromatic nitrogens is 3. The summed E-state index contributed by atoms with van der Waals surface area (Å²) in [4.78, 5) is 23.3. The molecule has 0 unspecified atom stereocenters. The fourth-order valence-corrected chi connectivity index (χ4v) is 6.96. The number of likely N-dealkylation sites (tertiary alicyclic amines) is 1. The first-order valence-electron chi connectivity index (χ1n) is 15.2. The molecule has 0 saturated carbocycles. The van der Waals surface area contributed by atoms with Crippen LogP contribution < -0.4 is 4.74 Å². The molecule has 244 valence electrons. The van der Waals surface area contributed by atoms with Crippen molar-refractivity contribution in [3.63, 3.8) is 0 Å². The lowest BCUT2D eigenvalue weighted by Gasteiger charge is -2.33. The highest BCUT2D eigenvalue weighted by atomic mass is 32.2. The topological polar surface area (TPSA) is 104 Å². The van der Waals surface area contributed by atoms with Crippen LogP contribution in [0.25, 0.3) is 33.3 Å². The van der Waals surface area contributed by atoms with Crippen LogP contribution in [-0.2, 0) is 14.8 Å². The van der Waals surface area contributed by atoms with Gasteiger partial charge < -0.3 is 14.4 Å². The Labute approximate surface area is 271 Å². The standard InChI is InChI=1S/C35H34F2N4O5S/c1-22-10-13-25(14-11-22)47(43,44)41-21-27(26-17-23(12-15-31(26)41)33-28(36)8-5-9-29(33)37)30-18-38-19-32(39-30)45-24-7-6-16-40(20-24)34(42)46-35(2,3)4/h5,8-15,17-19,21,24H,6-7,16,20H2,1-4H3/t24-/m1/s1. The van der Waals surface area contributed by atoms with Gasteiger partial charge in [0, 0.05) is 23.7 Å². The van der Waals surface area contributed by atoms with Crippen molar-refractivity contribution in [1.82, 2.24) is 18.8 Å². The van der Waals surface area contributed by atoms with Crippen LogP contribution in [0.3, 0.4) is 0 Å². The van der Waals surface area contributed by atoms with Gasteiger partial charge in [-0.25, -0.2) is 30.9 Å². The normalized spacial score (nSPS) is 15.5. The molecule has 0 N–H and O–H groups in total. The van der Waals surface area contributed by atoms with E-state index in [1.165, 1.54) is 48.9 Å². The Balaban J connectivity index is 1.41. The smallest absolute Gasteiger partial charge is 0.410 e. The largest absolute Gasteiger partial charge is 0.471 e. The number of halogens is 2. The van der Waals surface area contributed by atoms with Crippen molar-refractivity contribution in [3.8, 4) is 28.3 Å². The molecule has 6 rings (SSSR count). The predicted octanol–water partition coefficient (Wildman–Crippen LogP) is 7.37. The number of fused-ring (bicyclic) bond motifs is 1. The Hall–Kier alpha value is -4.84. The van der Waals surface area contributed by atoms with E-state index in [4.69, 9.17) is 9.47 Å². The maximum atomic E-state index is 14.8. The molecule has 0 spiro atoms. The van der Waals surface area contributed by atoms with E-state index >= 15 is 0 Å². The summed E-state index contributed by atoms with van der Waals surface area (Å²) in [6, 6.07) is 14.6. The zero-order valence-electron chi connectivity index (χ0n) is 26.4. The average Bonchev–Trinajstić information content (AvgIpc) is 3.41. The summed E-state index contributed by atoms with van der Waals surface area (Å²) in [7, 11) is -4.08. The van der Waals surface area contributed by atoms with E-state index in [0.29, 0.717) is 36.9 Å². The number of benzene rings is 3. The minimum absolute atomic E-state index is 0.0748. The molecule has 3 aromatic carbocycles. The number of piperidine rings is 1. The van der Waals surface area contributed by atoms with Crippen LogP contribution >= 0.6 is 0 Å². The highest BCUT2D eigenvalue weighted by Crippen LogP contribution is 2.37. The summed E-state index contributed by atoms with van der Waals surface area (Å²) >= 11 is 0. The lowest BCUT2D eigenvalue weighted by Crippen LogP contribution is -2.46. The molecule has 1 aliphatic rings. The van der Waals surface area contributed by atoms with Crippen molar-refractivity contribution < 1.29 is 31.5 Å². The van der Waals surface area contributed by atoms with Gasteiger partial charge in [0.05, 0.1) is 40.6 Å². The SMILES string of the molecule is Cc1ccc(S(=O)(=O)n2cc(-c3cncc(O[C@@H]4CCCN(C(=O)OC(C)(C)C)C4)n3)c3cc(-c4c(F)cccc4F)ccc32)cc1. The summed E-state index contributed by atoms with van der Waals surface area (Å²) < 4.78 is 70.3. The number of carbonyl (C=O) groups excluding carboxylic acids is 1. The highest BCUT2D eigenvalue weighted by molar-refractivity contribution is 7.90. The maximum absolute atomic E-state index is 14.8. The van der Waals surface area contributed by atoms with Gasteiger partial charge in [-0.3, -0.25) is 4.98 Å². The highest BCUT2D eigenvalue weighted by Gasteiger charge is 2.29. The fourth-order valence-electron chi connectivity index (χ4n) is 5.59. The molecule has 0 radical (unpaired) electrons.